The van der Waals surface area contributed by atoms with Crippen LogP contribution in [0.25, 0.3) is 0 Å². The Kier molecular flexibility index (Phi) is 4.23. The Morgan fingerprint density at radius 2 is 2.14 bits per heavy atom. The number of nitrogens with zero attached hydrogens (tertiary/aromatic N) is 1. The Morgan fingerprint density at radius 3 is 2.86 bits per heavy atom. The van der Waals surface area contributed by atoms with Gasteiger partial charge in [-0.25, -0.2) is 0 Å². The maximum atomic E-state index is 11.6. The van der Waals surface area contributed by atoms with Gasteiger partial charge in [0.1, 0.15) is 6.04 Å². The van der Waals surface area contributed by atoms with Gasteiger partial charge in [0.05, 0.1) is 0 Å². The van der Waals surface area contributed by atoms with Crippen LogP contribution in [0.3, 0.4) is 0 Å². The number of halogens is 1. The molecule has 0 spiro atoms. The first-order valence-electron chi connectivity index (χ1n) is 7.80. The van der Waals surface area contributed by atoms with Gasteiger partial charge in [0, 0.05) is 17.6 Å². The number of likely N-dealkylation sites (tertiary alicyclic amines) is 1. The SMILES string of the molecule is Cc1ccc(CN2C(C(=O)O)CC3CCCCC32)cc1Cl. The van der Waals surface area contributed by atoms with Crippen molar-refractivity contribution in [1.82, 2.24) is 4.90 Å². The normalized spacial score (nSPS) is 29.3. The van der Waals surface area contributed by atoms with Crippen molar-refractivity contribution in [3.8, 4) is 0 Å². The summed E-state index contributed by atoms with van der Waals surface area (Å²) in [7, 11) is 0. The van der Waals surface area contributed by atoms with Gasteiger partial charge in [-0.1, -0.05) is 36.6 Å². The molecule has 1 heterocycles. The summed E-state index contributed by atoms with van der Waals surface area (Å²) in [5.74, 6) is -0.122. The monoisotopic (exact) mass is 307 g/mol. The fourth-order valence-corrected chi connectivity index (χ4v) is 4.17. The summed E-state index contributed by atoms with van der Waals surface area (Å²) >= 11 is 6.20. The fraction of sp³-hybridized carbons (Fsp3) is 0.588. The van der Waals surface area contributed by atoms with Crippen LogP contribution in [-0.4, -0.2) is 28.1 Å². The van der Waals surface area contributed by atoms with Gasteiger partial charge in [0.15, 0.2) is 0 Å². The Morgan fingerprint density at radius 1 is 1.38 bits per heavy atom. The third-order valence-corrected chi connectivity index (χ3v) is 5.51. The highest BCUT2D eigenvalue weighted by Gasteiger charge is 2.44. The highest BCUT2D eigenvalue weighted by molar-refractivity contribution is 6.31. The number of carbonyl (C=O) groups is 1. The molecule has 1 aliphatic carbocycles. The Balaban J connectivity index is 1.82. The number of rotatable bonds is 3. The molecule has 3 rings (SSSR count). The van der Waals surface area contributed by atoms with E-state index in [1.165, 1.54) is 19.3 Å². The molecule has 4 heteroatoms. The van der Waals surface area contributed by atoms with Crippen molar-refractivity contribution < 1.29 is 9.90 Å². The van der Waals surface area contributed by atoms with E-state index in [0.717, 1.165) is 29.0 Å². The molecule has 3 nitrogen and oxygen atoms in total. The molecule has 0 radical (unpaired) electrons. The molecule has 1 saturated carbocycles. The zero-order valence-corrected chi connectivity index (χ0v) is 13.1. The molecule has 1 saturated heterocycles. The van der Waals surface area contributed by atoms with Crippen LogP contribution in [0.15, 0.2) is 18.2 Å². The van der Waals surface area contributed by atoms with Crippen molar-refractivity contribution in [2.24, 2.45) is 5.92 Å². The minimum Gasteiger partial charge on any atom is -0.480 e. The molecular formula is C17H22ClNO2. The molecule has 3 unspecified atom stereocenters. The van der Waals surface area contributed by atoms with E-state index in [1.54, 1.807) is 0 Å². The highest BCUT2D eigenvalue weighted by Crippen LogP contribution is 2.40. The van der Waals surface area contributed by atoms with Crippen LogP contribution in [0.4, 0.5) is 0 Å². The third-order valence-electron chi connectivity index (χ3n) is 5.11. The maximum Gasteiger partial charge on any atom is 0.320 e. The molecule has 1 aromatic carbocycles. The zero-order chi connectivity index (χ0) is 15.0. The van der Waals surface area contributed by atoms with Crippen LogP contribution < -0.4 is 0 Å². The van der Waals surface area contributed by atoms with Crippen LogP contribution in [0, 0.1) is 12.8 Å². The number of aryl methyl sites for hydroxylation is 1. The van der Waals surface area contributed by atoms with Crippen LogP contribution in [0.5, 0.6) is 0 Å². The zero-order valence-electron chi connectivity index (χ0n) is 12.4. The second-order valence-corrected chi connectivity index (χ2v) is 6.86. The fourth-order valence-electron chi connectivity index (χ4n) is 3.97. The highest BCUT2D eigenvalue weighted by atomic mass is 35.5. The first kappa shape index (κ1) is 14.9. The molecule has 0 amide bonds. The van der Waals surface area contributed by atoms with E-state index in [0.29, 0.717) is 18.5 Å². The Bertz CT molecular complexity index is 546. The molecule has 2 fully saturated rings. The van der Waals surface area contributed by atoms with E-state index < -0.39 is 5.97 Å². The third kappa shape index (κ3) is 2.95. The van der Waals surface area contributed by atoms with Crippen molar-refractivity contribution in [3.63, 3.8) is 0 Å². The van der Waals surface area contributed by atoms with Crippen molar-refractivity contribution in [3.05, 3.63) is 34.3 Å². The topological polar surface area (TPSA) is 40.5 Å². The lowest BCUT2D eigenvalue weighted by atomic mass is 9.84. The van der Waals surface area contributed by atoms with Crippen LogP contribution >= 0.6 is 11.6 Å². The number of aliphatic carboxylic acids is 1. The average molecular weight is 308 g/mol. The summed E-state index contributed by atoms with van der Waals surface area (Å²) in [6, 6.07) is 6.16. The minimum absolute atomic E-state index is 0.335. The molecule has 114 valence electrons. The molecule has 1 N–H and O–H groups in total. The predicted molar refractivity (Wildman–Crippen MR) is 83.5 cm³/mol. The largest absolute Gasteiger partial charge is 0.480 e. The lowest BCUT2D eigenvalue weighted by Gasteiger charge is -2.33. The van der Waals surface area contributed by atoms with Gasteiger partial charge in [-0.2, -0.15) is 0 Å². The number of fused-ring (bicyclic) bond motifs is 1. The van der Waals surface area contributed by atoms with Gasteiger partial charge < -0.3 is 5.11 Å². The van der Waals surface area contributed by atoms with Crippen molar-refractivity contribution >= 4 is 17.6 Å². The number of hydrogen-bond donors (Lipinski definition) is 1. The molecule has 3 atom stereocenters. The Labute approximate surface area is 130 Å². The second-order valence-electron chi connectivity index (χ2n) is 6.46. The molecule has 2 aliphatic rings. The van der Waals surface area contributed by atoms with E-state index >= 15 is 0 Å². The van der Waals surface area contributed by atoms with Gasteiger partial charge in [-0.05, 0) is 49.3 Å². The minimum atomic E-state index is -0.678. The van der Waals surface area contributed by atoms with E-state index in [1.807, 2.05) is 19.1 Å². The quantitative estimate of drug-likeness (QED) is 0.921. The molecule has 0 bridgehead atoms. The lowest BCUT2D eigenvalue weighted by molar-refractivity contribution is -0.142. The molecule has 0 aromatic heterocycles. The summed E-state index contributed by atoms with van der Waals surface area (Å²) < 4.78 is 0. The summed E-state index contributed by atoms with van der Waals surface area (Å²) in [5.41, 5.74) is 2.18. The van der Waals surface area contributed by atoms with Crippen LogP contribution in [-0.2, 0) is 11.3 Å². The standard InChI is InChI=1S/C17H22ClNO2/c1-11-6-7-12(8-14(11)18)10-19-15-5-3-2-4-13(15)9-16(19)17(20)21/h6-8,13,15-16H,2-5,9-10H2,1H3,(H,20,21). The molecule has 1 aromatic rings. The Hall–Kier alpha value is -1.06. The predicted octanol–water partition coefficient (Wildman–Crippen LogP) is 3.87. The maximum absolute atomic E-state index is 11.6. The van der Waals surface area contributed by atoms with Crippen molar-refractivity contribution in [2.45, 2.75) is 57.7 Å². The van der Waals surface area contributed by atoms with Crippen molar-refractivity contribution in [1.29, 1.82) is 0 Å². The summed E-state index contributed by atoms with van der Waals surface area (Å²) in [5, 5.41) is 10.3. The number of hydrogen-bond acceptors (Lipinski definition) is 2. The lowest BCUT2D eigenvalue weighted by Crippen LogP contribution is -2.41. The van der Waals surface area contributed by atoms with Crippen LogP contribution in [0.1, 0.15) is 43.2 Å². The van der Waals surface area contributed by atoms with Gasteiger partial charge in [-0.15, -0.1) is 0 Å². The second kappa shape index (κ2) is 5.98. The molecular weight excluding hydrogens is 286 g/mol. The molecule has 21 heavy (non-hydrogen) atoms. The summed E-state index contributed by atoms with van der Waals surface area (Å²) in [6.45, 7) is 2.68. The smallest absolute Gasteiger partial charge is 0.320 e. The number of benzene rings is 1. The number of carboxylic acid groups (broad SMARTS) is 1. The van der Waals surface area contributed by atoms with E-state index in [9.17, 15) is 9.90 Å². The average Bonchev–Trinajstić information content (AvgIpc) is 2.82. The van der Waals surface area contributed by atoms with Crippen molar-refractivity contribution in [2.75, 3.05) is 0 Å². The summed E-state index contributed by atoms with van der Waals surface area (Å²) in [6.07, 6.45) is 5.59. The van der Waals surface area contributed by atoms with Crippen LogP contribution in [0.2, 0.25) is 5.02 Å². The summed E-state index contributed by atoms with van der Waals surface area (Å²) in [4.78, 5) is 13.8. The first-order valence-corrected chi connectivity index (χ1v) is 8.17. The van der Waals surface area contributed by atoms with Gasteiger partial charge in [0.2, 0.25) is 0 Å². The first-order chi connectivity index (χ1) is 10.1. The van der Waals surface area contributed by atoms with E-state index in [2.05, 4.69) is 11.0 Å². The van der Waals surface area contributed by atoms with Gasteiger partial charge >= 0.3 is 5.97 Å². The van der Waals surface area contributed by atoms with E-state index in [4.69, 9.17) is 11.6 Å². The van der Waals surface area contributed by atoms with Gasteiger partial charge in [-0.3, -0.25) is 9.69 Å². The van der Waals surface area contributed by atoms with E-state index in [-0.39, 0.29) is 6.04 Å². The number of carboxylic acids is 1. The molecule has 1 aliphatic heterocycles. The van der Waals surface area contributed by atoms with Gasteiger partial charge in [0.25, 0.3) is 0 Å².